The molecule has 204 valence electrons. The minimum atomic E-state index is -1.17. The molecule has 1 aliphatic heterocycles. The van der Waals surface area contributed by atoms with E-state index in [0.717, 1.165) is 0 Å². The SMILES string of the molecule is CC(C)(C)OC(=O)N1C[C@H](C(=O)Nc2ccc(Cl)cc2)[C@@H](C(=O)N(F)c2ccc(-n3ccccc3=O)cc2)C1. The maximum Gasteiger partial charge on any atom is 0.410 e. The van der Waals surface area contributed by atoms with Gasteiger partial charge in [-0.05, 0) is 75.4 Å². The normalized spacial score (nSPS) is 17.0. The molecule has 9 nitrogen and oxygen atoms in total. The van der Waals surface area contributed by atoms with Crippen molar-refractivity contribution in [3.63, 3.8) is 0 Å². The molecule has 0 aliphatic carbocycles. The Bertz CT molecular complexity index is 1420. The maximum atomic E-state index is 15.4. The summed E-state index contributed by atoms with van der Waals surface area (Å²) in [5.41, 5.74) is -0.214. The third-order valence-corrected chi connectivity index (χ3v) is 6.36. The standard InChI is InChI=1S/C28H28ClFN4O5/c1-28(2,3)39-27(38)32-16-22(25(36)31-19-9-7-18(29)8-10-19)23(17-32)26(37)34(30)21-13-11-20(12-14-21)33-15-5-4-6-24(33)35/h4-15,22-23H,16-17H2,1-3H3,(H,31,36)/t22-,23-/m0/s1. The number of hydrogen-bond donors (Lipinski definition) is 1. The van der Waals surface area contributed by atoms with Gasteiger partial charge in [-0.2, -0.15) is 0 Å². The van der Waals surface area contributed by atoms with Crippen LogP contribution in [0.15, 0.2) is 77.7 Å². The van der Waals surface area contributed by atoms with Gasteiger partial charge in [-0.25, -0.2) is 4.79 Å². The molecule has 0 unspecified atom stereocenters. The zero-order valence-corrected chi connectivity index (χ0v) is 22.4. The number of nitrogens with one attached hydrogen (secondary N) is 1. The molecule has 3 amide bonds. The fourth-order valence-electron chi connectivity index (χ4n) is 4.22. The molecule has 1 saturated heterocycles. The molecule has 2 aromatic carbocycles. The number of nitrogens with zero attached hydrogens (tertiary/aromatic N) is 3. The predicted molar refractivity (Wildman–Crippen MR) is 146 cm³/mol. The van der Waals surface area contributed by atoms with Crippen LogP contribution in [-0.2, 0) is 14.3 Å². The second kappa shape index (κ2) is 11.3. The van der Waals surface area contributed by atoms with Crippen molar-refractivity contribution in [2.75, 3.05) is 23.5 Å². The van der Waals surface area contributed by atoms with Crippen LogP contribution in [0.1, 0.15) is 20.8 Å². The Kier molecular flexibility index (Phi) is 8.06. The van der Waals surface area contributed by atoms with E-state index in [9.17, 15) is 19.2 Å². The Morgan fingerprint density at radius 3 is 2.23 bits per heavy atom. The second-order valence-corrected chi connectivity index (χ2v) is 10.6. The maximum absolute atomic E-state index is 15.4. The van der Waals surface area contributed by atoms with Gasteiger partial charge in [0.25, 0.3) is 11.5 Å². The van der Waals surface area contributed by atoms with E-state index in [1.54, 1.807) is 63.4 Å². The lowest BCUT2D eigenvalue weighted by molar-refractivity contribution is -0.130. The van der Waals surface area contributed by atoms with Gasteiger partial charge in [0, 0.05) is 41.8 Å². The Hall–Kier alpha value is -4.18. The number of carbonyl (C=O) groups excluding carboxylic acids is 3. The second-order valence-electron chi connectivity index (χ2n) is 10.1. The lowest BCUT2D eigenvalue weighted by Gasteiger charge is -2.24. The third-order valence-electron chi connectivity index (χ3n) is 6.11. The van der Waals surface area contributed by atoms with E-state index >= 15 is 4.48 Å². The number of anilines is 2. The highest BCUT2D eigenvalue weighted by atomic mass is 35.5. The molecular formula is C28H28ClFN4O5. The molecule has 0 bridgehead atoms. The molecule has 1 aromatic heterocycles. The number of likely N-dealkylation sites (tertiary alicyclic amines) is 1. The summed E-state index contributed by atoms with van der Waals surface area (Å²) in [6, 6.07) is 16.8. The summed E-state index contributed by atoms with van der Waals surface area (Å²) in [6.07, 6.45) is 0.869. The van der Waals surface area contributed by atoms with Crippen LogP contribution in [0, 0.1) is 11.8 Å². The molecule has 4 rings (SSSR count). The molecule has 0 saturated carbocycles. The highest BCUT2D eigenvalue weighted by Gasteiger charge is 2.46. The number of carbonyl (C=O) groups is 3. The van der Waals surface area contributed by atoms with Crippen LogP contribution in [0.25, 0.3) is 5.69 Å². The van der Waals surface area contributed by atoms with Crippen molar-refractivity contribution in [1.82, 2.24) is 9.47 Å². The predicted octanol–water partition coefficient (Wildman–Crippen LogP) is 4.83. The van der Waals surface area contributed by atoms with Gasteiger partial charge in [-0.3, -0.25) is 19.0 Å². The highest BCUT2D eigenvalue weighted by Crippen LogP contribution is 2.31. The Morgan fingerprint density at radius 1 is 0.974 bits per heavy atom. The van der Waals surface area contributed by atoms with Crippen molar-refractivity contribution in [2.24, 2.45) is 11.8 Å². The first-order valence-electron chi connectivity index (χ1n) is 12.3. The van der Waals surface area contributed by atoms with Crippen molar-refractivity contribution in [2.45, 2.75) is 26.4 Å². The van der Waals surface area contributed by atoms with Crippen LogP contribution in [0.5, 0.6) is 0 Å². The fraction of sp³-hybridized carbons (Fsp3) is 0.286. The number of rotatable bonds is 5. The van der Waals surface area contributed by atoms with Gasteiger partial charge in [-0.1, -0.05) is 22.1 Å². The lowest BCUT2D eigenvalue weighted by atomic mass is 9.94. The first kappa shape index (κ1) is 27.8. The number of pyridine rings is 1. The molecule has 2 atom stereocenters. The van der Waals surface area contributed by atoms with E-state index < -0.39 is 35.3 Å². The average molecular weight is 555 g/mol. The van der Waals surface area contributed by atoms with Crippen LogP contribution in [0.3, 0.4) is 0 Å². The van der Waals surface area contributed by atoms with Gasteiger partial charge in [0.2, 0.25) is 5.91 Å². The minimum Gasteiger partial charge on any atom is -0.444 e. The number of ether oxygens (including phenoxy) is 1. The summed E-state index contributed by atoms with van der Waals surface area (Å²) >= 11 is 5.91. The summed E-state index contributed by atoms with van der Waals surface area (Å²) in [6.45, 7) is 4.76. The highest BCUT2D eigenvalue weighted by molar-refractivity contribution is 6.30. The van der Waals surface area contributed by atoms with Gasteiger partial charge in [0.15, 0.2) is 0 Å². The van der Waals surface area contributed by atoms with E-state index in [1.807, 2.05) is 0 Å². The van der Waals surface area contributed by atoms with Crippen molar-refractivity contribution in [3.05, 3.63) is 88.3 Å². The zero-order chi connectivity index (χ0) is 28.3. The topological polar surface area (TPSA) is 101 Å². The van der Waals surface area contributed by atoms with E-state index in [2.05, 4.69) is 5.32 Å². The van der Waals surface area contributed by atoms with Crippen molar-refractivity contribution in [1.29, 1.82) is 0 Å². The summed E-state index contributed by atoms with van der Waals surface area (Å²) in [5.74, 6) is -3.75. The van der Waals surface area contributed by atoms with Crippen LogP contribution in [-0.4, -0.2) is 46.1 Å². The van der Waals surface area contributed by atoms with E-state index in [0.29, 0.717) is 16.4 Å². The molecule has 1 fully saturated rings. The van der Waals surface area contributed by atoms with Crippen LogP contribution in [0.2, 0.25) is 5.02 Å². The molecule has 39 heavy (non-hydrogen) atoms. The van der Waals surface area contributed by atoms with Gasteiger partial charge in [-0.15, -0.1) is 5.12 Å². The third kappa shape index (κ3) is 6.64. The Balaban J connectivity index is 1.56. The molecular weight excluding hydrogens is 527 g/mol. The molecule has 1 aliphatic rings. The quantitative estimate of drug-likeness (QED) is 0.455. The van der Waals surface area contributed by atoms with Gasteiger partial charge in [0.1, 0.15) is 5.60 Å². The average Bonchev–Trinajstić information content (AvgIpc) is 3.35. The monoisotopic (exact) mass is 554 g/mol. The number of aromatic nitrogens is 1. The number of amides is 3. The zero-order valence-electron chi connectivity index (χ0n) is 21.6. The first-order chi connectivity index (χ1) is 18.4. The van der Waals surface area contributed by atoms with Crippen LogP contribution in [0.4, 0.5) is 20.7 Å². The van der Waals surface area contributed by atoms with Gasteiger partial charge < -0.3 is 15.0 Å². The molecule has 1 N–H and O–H groups in total. The van der Waals surface area contributed by atoms with Gasteiger partial charge in [0.05, 0.1) is 17.5 Å². The summed E-state index contributed by atoms with van der Waals surface area (Å²) in [7, 11) is 0. The van der Waals surface area contributed by atoms with Crippen molar-refractivity contribution < 1.29 is 23.6 Å². The molecule has 2 heterocycles. The van der Waals surface area contributed by atoms with Crippen LogP contribution < -0.4 is 16.0 Å². The van der Waals surface area contributed by atoms with Gasteiger partial charge >= 0.3 is 6.09 Å². The van der Waals surface area contributed by atoms with E-state index in [-0.39, 0.29) is 29.5 Å². The molecule has 11 heteroatoms. The number of hydrogen-bond acceptors (Lipinski definition) is 5. The van der Waals surface area contributed by atoms with Crippen molar-refractivity contribution in [3.8, 4) is 5.69 Å². The Morgan fingerprint density at radius 2 is 1.62 bits per heavy atom. The smallest absolute Gasteiger partial charge is 0.410 e. The lowest BCUT2D eigenvalue weighted by Crippen LogP contribution is -2.39. The summed E-state index contributed by atoms with van der Waals surface area (Å²) < 4.78 is 22.2. The number of halogens is 2. The largest absolute Gasteiger partial charge is 0.444 e. The molecule has 0 radical (unpaired) electrons. The molecule has 0 spiro atoms. The fourth-order valence-corrected chi connectivity index (χ4v) is 4.35. The van der Waals surface area contributed by atoms with Crippen molar-refractivity contribution >= 4 is 40.9 Å². The van der Waals surface area contributed by atoms with E-state index in [1.165, 1.54) is 39.8 Å². The Labute approximate surface area is 229 Å². The summed E-state index contributed by atoms with van der Waals surface area (Å²) in [5, 5.41) is 3.15. The summed E-state index contributed by atoms with van der Waals surface area (Å²) in [4.78, 5) is 52.6. The first-order valence-corrected chi connectivity index (χ1v) is 12.6. The van der Waals surface area contributed by atoms with Crippen LogP contribution >= 0.6 is 11.6 Å². The minimum absolute atomic E-state index is 0.0383. The molecule has 3 aromatic rings. The number of benzene rings is 2. The van der Waals surface area contributed by atoms with E-state index in [4.69, 9.17) is 16.3 Å².